The topological polar surface area (TPSA) is 112 Å². The summed E-state index contributed by atoms with van der Waals surface area (Å²) in [5.74, 6) is 1.24. The lowest BCUT2D eigenvalue weighted by atomic mass is 9.90. The van der Waals surface area contributed by atoms with Crippen LogP contribution in [0.15, 0.2) is 41.1 Å². The van der Waals surface area contributed by atoms with Gasteiger partial charge in [0.1, 0.15) is 11.8 Å². The number of nitriles is 1. The number of carbonyl (C=O) groups is 2. The predicted molar refractivity (Wildman–Crippen MR) is 119 cm³/mol. The van der Waals surface area contributed by atoms with Crippen LogP contribution in [0.4, 0.5) is 0 Å². The molecule has 3 aromatic rings. The molecule has 1 saturated heterocycles. The van der Waals surface area contributed by atoms with E-state index >= 15 is 0 Å². The quantitative estimate of drug-likeness (QED) is 0.640. The zero-order valence-electron chi connectivity index (χ0n) is 17.5. The third kappa shape index (κ3) is 3.50. The molecule has 2 aliphatic rings. The third-order valence-corrected chi connectivity index (χ3v) is 7.17. The summed E-state index contributed by atoms with van der Waals surface area (Å²) in [4.78, 5) is 31.4. The average Bonchev–Trinajstić information content (AvgIpc) is 3.26. The average molecular weight is 448 g/mol. The predicted octanol–water partition coefficient (Wildman–Crippen LogP) is 2.77. The van der Waals surface area contributed by atoms with Crippen molar-refractivity contribution in [2.75, 3.05) is 18.2 Å². The summed E-state index contributed by atoms with van der Waals surface area (Å²) < 4.78 is 5.29. The standard InChI is InChI=1S/C23H21N5O3S/c1-14-8-20(27-31-14)23(5-6-23)15-2-3-19-18(9-15)17(4-7-25-19)22(30)26-11-21(29)28-13-32-12-16(28)10-24/h2-4,7-9,16H,5-6,11-13H2,1H3,(H,26,30). The van der Waals surface area contributed by atoms with E-state index < -0.39 is 6.04 Å². The minimum absolute atomic E-state index is 0.150. The zero-order valence-corrected chi connectivity index (χ0v) is 18.3. The maximum atomic E-state index is 13.0. The van der Waals surface area contributed by atoms with Gasteiger partial charge in [0.25, 0.3) is 5.91 Å². The van der Waals surface area contributed by atoms with Gasteiger partial charge in [-0.1, -0.05) is 11.2 Å². The minimum Gasteiger partial charge on any atom is -0.361 e. The van der Waals surface area contributed by atoms with Crippen LogP contribution in [0.1, 0.15) is 40.2 Å². The lowest BCUT2D eigenvalue weighted by molar-refractivity contribution is -0.129. The van der Waals surface area contributed by atoms with E-state index in [2.05, 4.69) is 21.5 Å². The van der Waals surface area contributed by atoms with Gasteiger partial charge in [0.15, 0.2) is 0 Å². The van der Waals surface area contributed by atoms with E-state index in [9.17, 15) is 14.9 Å². The molecule has 2 amide bonds. The van der Waals surface area contributed by atoms with Crippen LogP contribution >= 0.6 is 11.8 Å². The number of hydrogen-bond donors (Lipinski definition) is 1. The maximum absolute atomic E-state index is 13.0. The number of hydrogen-bond acceptors (Lipinski definition) is 7. The van der Waals surface area contributed by atoms with Gasteiger partial charge in [-0.15, -0.1) is 11.8 Å². The lowest BCUT2D eigenvalue weighted by Crippen LogP contribution is -2.42. The SMILES string of the molecule is Cc1cc(C2(c3ccc4nccc(C(=O)NCC(=O)N5CSCC5C#N)c4c3)CC2)no1. The van der Waals surface area contributed by atoms with E-state index in [1.165, 1.54) is 16.7 Å². The van der Waals surface area contributed by atoms with Gasteiger partial charge >= 0.3 is 0 Å². The van der Waals surface area contributed by atoms with Gasteiger partial charge in [-0.3, -0.25) is 14.6 Å². The number of aryl methyl sites for hydroxylation is 1. The zero-order chi connectivity index (χ0) is 22.3. The Kier molecular flexibility index (Phi) is 5.10. The Labute approximate surface area is 189 Å². The van der Waals surface area contributed by atoms with E-state index in [1.807, 2.05) is 31.2 Å². The summed E-state index contributed by atoms with van der Waals surface area (Å²) >= 11 is 1.53. The van der Waals surface area contributed by atoms with Crippen molar-refractivity contribution in [2.24, 2.45) is 0 Å². The molecule has 3 heterocycles. The Morgan fingerprint density at radius 1 is 1.34 bits per heavy atom. The van der Waals surface area contributed by atoms with Crippen molar-refractivity contribution < 1.29 is 14.1 Å². The first-order valence-corrected chi connectivity index (χ1v) is 11.6. The Morgan fingerprint density at radius 2 is 2.19 bits per heavy atom. The van der Waals surface area contributed by atoms with Gasteiger partial charge in [-0.2, -0.15) is 5.26 Å². The molecular formula is C23H21N5O3S. The molecule has 1 N–H and O–H groups in total. The van der Waals surface area contributed by atoms with Gasteiger partial charge in [0.2, 0.25) is 5.91 Å². The highest BCUT2D eigenvalue weighted by atomic mass is 32.2. The number of amides is 2. The van der Waals surface area contributed by atoms with Gasteiger partial charge in [-0.05, 0) is 43.5 Å². The van der Waals surface area contributed by atoms with Crippen molar-refractivity contribution >= 4 is 34.5 Å². The Hall–Kier alpha value is -3.38. The number of benzene rings is 1. The molecular weight excluding hydrogens is 426 g/mol. The number of nitrogens with zero attached hydrogens (tertiary/aromatic N) is 4. The third-order valence-electron chi connectivity index (χ3n) is 6.16. The van der Waals surface area contributed by atoms with Crippen LogP contribution in [0.25, 0.3) is 10.9 Å². The van der Waals surface area contributed by atoms with Crippen LogP contribution in [0, 0.1) is 18.3 Å². The first kappa shape index (κ1) is 20.5. The molecule has 32 heavy (non-hydrogen) atoms. The van der Waals surface area contributed by atoms with Crippen molar-refractivity contribution in [3.05, 3.63) is 59.1 Å². The minimum atomic E-state index is -0.441. The van der Waals surface area contributed by atoms with Crippen molar-refractivity contribution in [3.63, 3.8) is 0 Å². The van der Waals surface area contributed by atoms with Crippen LogP contribution in [-0.4, -0.2) is 51.1 Å². The normalized spacial score (nSPS) is 19.0. The first-order valence-electron chi connectivity index (χ1n) is 10.4. The number of thioether (sulfide) groups is 1. The smallest absolute Gasteiger partial charge is 0.252 e. The van der Waals surface area contributed by atoms with Crippen LogP contribution in [0.2, 0.25) is 0 Å². The van der Waals surface area contributed by atoms with Crippen molar-refractivity contribution in [1.29, 1.82) is 5.26 Å². The molecule has 1 aromatic carbocycles. The molecule has 0 radical (unpaired) electrons. The van der Waals surface area contributed by atoms with Crippen molar-refractivity contribution in [3.8, 4) is 6.07 Å². The number of pyridine rings is 1. The molecule has 0 bridgehead atoms. The number of fused-ring (bicyclic) bond motifs is 1. The van der Waals surface area contributed by atoms with E-state index in [-0.39, 0.29) is 23.8 Å². The van der Waals surface area contributed by atoms with Crippen LogP contribution in [-0.2, 0) is 10.2 Å². The van der Waals surface area contributed by atoms with Gasteiger partial charge in [0, 0.05) is 28.8 Å². The monoisotopic (exact) mass is 447 g/mol. The molecule has 1 aliphatic carbocycles. The largest absolute Gasteiger partial charge is 0.361 e. The second-order valence-corrected chi connectivity index (χ2v) is 9.19. The summed E-state index contributed by atoms with van der Waals surface area (Å²) in [5, 5.41) is 16.9. The molecule has 8 nitrogen and oxygen atoms in total. The molecule has 9 heteroatoms. The van der Waals surface area contributed by atoms with Gasteiger partial charge < -0.3 is 14.7 Å². The summed E-state index contributed by atoms with van der Waals surface area (Å²) in [6.07, 6.45) is 3.53. The molecule has 162 valence electrons. The summed E-state index contributed by atoms with van der Waals surface area (Å²) in [5.41, 5.74) is 2.96. The Morgan fingerprint density at radius 3 is 2.91 bits per heavy atom. The molecule has 1 saturated carbocycles. The highest BCUT2D eigenvalue weighted by Gasteiger charge is 2.48. The molecule has 2 fully saturated rings. The molecule has 2 aromatic heterocycles. The number of aromatic nitrogens is 2. The fourth-order valence-electron chi connectivity index (χ4n) is 4.20. The van der Waals surface area contributed by atoms with Crippen molar-refractivity contribution in [1.82, 2.24) is 20.4 Å². The fraction of sp³-hybridized carbons (Fsp3) is 0.348. The van der Waals surface area contributed by atoms with Crippen LogP contribution in [0.5, 0.6) is 0 Å². The fourth-order valence-corrected chi connectivity index (χ4v) is 5.30. The Balaban J connectivity index is 1.39. The summed E-state index contributed by atoms with van der Waals surface area (Å²) in [6.45, 7) is 1.73. The maximum Gasteiger partial charge on any atom is 0.252 e. The van der Waals surface area contributed by atoms with E-state index in [0.717, 1.165) is 35.2 Å². The van der Waals surface area contributed by atoms with E-state index in [4.69, 9.17) is 4.52 Å². The molecule has 1 unspecified atom stereocenters. The van der Waals surface area contributed by atoms with Gasteiger partial charge in [0.05, 0.1) is 35.3 Å². The number of rotatable bonds is 5. The molecule has 0 spiro atoms. The summed E-state index contributed by atoms with van der Waals surface area (Å²) in [6, 6.07) is 11.3. The number of carbonyl (C=O) groups excluding carboxylic acids is 2. The highest BCUT2D eigenvalue weighted by Crippen LogP contribution is 2.53. The first-order chi connectivity index (χ1) is 15.5. The van der Waals surface area contributed by atoms with Crippen molar-refractivity contribution in [2.45, 2.75) is 31.2 Å². The second-order valence-electron chi connectivity index (χ2n) is 8.19. The number of nitrogens with one attached hydrogen (secondary N) is 1. The lowest BCUT2D eigenvalue weighted by Gasteiger charge is -2.19. The Bertz CT molecular complexity index is 1260. The van der Waals surface area contributed by atoms with E-state index in [0.29, 0.717) is 22.7 Å². The van der Waals surface area contributed by atoms with Gasteiger partial charge in [-0.25, -0.2) is 0 Å². The molecule has 1 aliphatic heterocycles. The molecule has 1 atom stereocenters. The van der Waals surface area contributed by atoms with Crippen LogP contribution < -0.4 is 5.32 Å². The summed E-state index contributed by atoms with van der Waals surface area (Å²) in [7, 11) is 0. The molecule has 5 rings (SSSR count). The van der Waals surface area contributed by atoms with Crippen LogP contribution in [0.3, 0.4) is 0 Å². The second kappa shape index (κ2) is 7.95. The highest BCUT2D eigenvalue weighted by molar-refractivity contribution is 7.99. The van der Waals surface area contributed by atoms with E-state index in [1.54, 1.807) is 12.3 Å².